The lowest BCUT2D eigenvalue weighted by Crippen LogP contribution is -2.32. The first kappa shape index (κ1) is 15.3. The van der Waals surface area contributed by atoms with E-state index in [1.165, 1.54) is 23.4 Å². The number of aromatic nitrogens is 1. The van der Waals surface area contributed by atoms with Crippen LogP contribution in [0.3, 0.4) is 0 Å². The zero-order valence-electron chi connectivity index (χ0n) is 13.1. The van der Waals surface area contributed by atoms with Crippen molar-refractivity contribution in [1.82, 2.24) is 9.88 Å². The largest absolute Gasteiger partial charge is 0.497 e. The average Bonchev–Trinajstić information content (AvgIpc) is 3.10. The lowest BCUT2D eigenvalue weighted by Gasteiger charge is -2.31. The molecule has 0 radical (unpaired) electrons. The summed E-state index contributed by atoms with van der Waals surface area (Å²) in [6.45, 7) is 3.11. The van der Waals surface area contributed by atoms with Gasteiger partial charge in [-0.15, -0.1) is 11.3 Å². The quantitative estimate of drug-likeness (QED) is 0.844. The molecule has 1 aliphatic heterocycles. The molecule has 5 heteroatoms. The molecule has 1 aromatic carbocycles. The van der Waals surface area contributed by atoms with Crippen LogP contribution in [0.25, 0.3) is 0 Å². The van der Waals surface area contributed by atoms with Crippen molar-refractivity contribution >= 4 is 11.3 Å². The van der Waals surface area contributed by atoms with Gasteiger partial charge >= 0.3 is 0 Å². The summed E-state index contributed by atoms with van der Waals surface area (Å²) in [5, 5.41) is 3.36. The molecule has 0 unspecified atom stereocenters. The summed E-state index contributed by atoms with van der Waals surface area (Å²) in [5.41, 5.74) is 1.19. The van der Waals surface area contributed by atoms with Gasteiger partial charge in [-0.3, -0.25) is 4.90 Å². The second kappa shape index (κ2) is 7.11. The van der Waals surface area contributed by atoms with Crippen molar-refractivity contribution < 1.29 is 9.47 Å². The Morgan fingerprint density at radius 1 is 1.23 bits per heavy atom. The summed E-state index contributed by atoms with van der Waals surface area (Å²) in [7, 11) is 3.42. The highest BCUT2D eigenvalue weighted by atomic mass is 32.1. The Morgan fingerprint density at radius 2 is 2.05 bits per heavy atom. The van der Waals surface area contributed by atoms with Crippen LogP contribution in [0.4, 0.5) is 0 Å². The molecule has 1 aromatic heterocycles. The first-order valence-corrected chi connectivity index (χ1v) is 8.50. The van der Waals surface area contributed by atoms with Gasteiger partial charge in [0.05, 0.1) is 19.2 Å². The Labute approximate surface area is 135 Å². The smallest absolute Gasteiger partial charge is 0.123 e. The van der Waals surface area contributed by atoms with Gasteiger partial charge in [-0.1, -0.05) is 0 Å². The standard InChI is InChI=1S/C17H22N2O2S/c1-20-15-3-4-16(21-2)14(11-15)12-19-8-5-13(6-9-19)17-18-7-10-22-17/h3-4,7,10-11,13H,5-6,8-9,12H2,1-2H3. The molecule has 118 valence electrons. The maximum atomic E-state index is 5.48. The highest BCUT2D eigenvalue weighted by Gasteiger charge is 2.23. The number of thiazole rings is 1. The first-order chi connectivity index (χ1) is 10.8. The van der Waals surface area contributed by atoms with Gasteiger partial charge in [0, 0.05) is 29.6 Å². The topological polar surface area (TPSA) is 34.6 Å². The molecule has 0 aliphatic carbocycles. The molecule has 22 heavy (non-hydrogen) atoms. The number of methoxy groups -OCH3 is 2. The molecule has 2 heterocycles. The van der Waals surface area contributed by atoms with Crippen molar-refractivity contribution in [2.45, 2.75) is 25.3 Å². The normalized spacial score (nSPS) is 16.6. The Morgan fingerprint density at radius 3 is 2.68 bits per heavy atom. The van der Waals surface area contributed by atoms with Gasteiger partial charge in [0.15, 0.2) is 0 Å². The van der Waals surface area contributed by atoms with Gasteiger partial charge in [-0.25, -0.2) is 4.98 Å². The third-order valence-corrected chi connectivity index (χ3v) is 5.21. The zero-order chi connectivity index (χ0) is 15.4. The Hall–Kier alpha value is -1.59. The highest BCUT2D eigenvalue weighted by Crippen LogP contribution is 2.31. The predicted molar refractivity (Wildman–Crippen MR) is 88.9 cm³/mol. The Balaban J connectivity index is 1.63. The number of nitrogens with zero attached hydrogens (tertiary/aromatic N) is 2. The van der Waals surface area contributed by atoms with E-state index < -0.39 is 0 Å². The van der Waals surface area contributed by atoms with Gasteiger partial charge in [-0.05, 0) is 44.1 Å². The van der Waals surface area contributed by atoms with Crippen LogP contribution in [0.15, 0.2) is 29.8 Å². The summed E-state index contributed by atoms with van der Waals surface area (Å²) in [6.07, 6.45) is 4.27. The van der Waals surface area contributed by atoms with Crippen LogP contribution in [-0.2, 0) is 6.54 Å². The summed E-state index contributed by atoms with van der Waals surface area (Å²) in [6, 6.07) is 6.00. The average molecular weight is 318 g/mol. The molecule has 1 aliphatic rings. The fourth-order valence-electron chi connectivity index (χ4n) is 3.02. The van der Waals surface area contributed by atoms with E-state index in [9.17, 15) is 0 Å². The van der Waals surface area contributed by atoms with Crippen molar-refractivity contribution in [1.29, 1.82) is 0 Å². The maximum Gasteiger partial charge on any atom is 0.123 e. The second-order valence-electron chi connectivity index (χ2n) is 5.60. The van der Waals surface area contributed by atoms with Crippen molar-refractivity contribution in [2.24, 2.45) is 0 Å². The number of hydrogen-bond acceptors (Lipinski definition) is 5. The van der Waals surface area contributed by atoms with E-state index in [0.717, 1.165) is 31.1 Å². The van der Waals surface area contributed by atoms with Crippen molar-refractivity contribution in [3.05, 3.63) is 40.3 Å². The summed E-state index contributed by atoms with van der Waals surface area (Å²) < 4.78 is 10.8. The minimum Gasteiger partial charge on any atom is -0.497 e. The Bertz CT molecular complexity index is 593. The fourth-order valence-corrected chi connectivity index (χ4v) is 3.83. The number of hydrogen-bond donors (Lipinski definition) is 0. The molecule has 0 spiro atoms. The fraction of sp³-hybridized carbons (Fsp3) is 0.471. The Kier molecular flexibility index (Phi) is 4.95. The molecule has 1 saturated heterocycles. The molecule has 0 amide bonds. The van der Waals surface area contributed by atoms with Gasteiger partial charge in [0.25, 0.3) is 0 Å². The molecule has 4 nitrogen and oxygen atoms in total. The first-order valence-electron chi connectivity index (χ1n) is 7.63. The van der Waals surface area contributed by atoms with E-state index in [1.54, 1.807) is 25.6 Å². The van der Waals surface area contributed by atoms with Crippen LogP contribution in [0, 0.1) is 0 Å². The van der Waals surface area contributed by atoms with Gasteiger partial charge < -0.3 is 9.47 Å². The molecule has 3 rings (SSSR count). The zero-order valence-corrected chi connectivity index (χ0v) is 13.9. The van der Waals surface area contributed by atoms with Crippen LogP contribution < -0.4 is 9.47 Å². The van der Waals surface area contributed by atoms with E-state index in [1.807, 2.05) is 18.3 Å². The monoisotopic (exact) mass is 318 g/mol. The SMILES string of the molecule is COc1ccc(OC)c(CN2CCC(c3nccs3)CC2)c1. The highest BCUT2D eigenvalue weighted by molar-refractivity contribution is 7.09. The van der Waals surface area contributed by atoms with Gasteiger partial charge in [0.2, 0.25) is 0 Å². The van der Waals surface area contributed by atoms with E-state index in [0.29, 0.717) is 5.92 Å². The minimum atomic E-state index is 0.628. The molecule has 2 aromatic rings. The maximum absolute atomic E-state index is 5.48. The summed E-state index contributed by atoms with van der Waals surface area (Å²) in [5.74, 6) is 2.44. The van der Waals surface area contributed by atoms with Gasteiger partial charge in [-0.2, -0.15) is 0 Å². The molecule has 0 atom stereocenters. The molecule has 0 N–H and O–H groups in total. The third kappa shape index (κ3) is 3.42. The number of piperidine rings is 1. The lowest BCUT2D eigenvalue weighted by atomic mass is 9.97. The van der Waals surface area contributed by atoms with Crippen LogP contribution in [0.5, 0.6) is 11.5 Å². The van der Waals surface area contributed by atoms with E-state index in [2.05, 4.69) is 21.3 Å². The van der Waals surface area contributed by atoms with E-state index in [4.69, 9.17) is 9.47 Å². The predicted octanol–water partition coefficient (Wildman–Crippen LogP) is 3.54. The van der Waals surface area contributed by atoms with Crippen LogP contribution in [0.2, 0.25) is 0 Å². The molecular formula is C17H22N2O2S. The van der Waals surface area contributed by atoms with Crippen molar-refractivity contribution in [3.8, 4) is 11.5 Å². The van der Waals surface area contributed by atoms with E-state index in [-0.39, 0.29) is 0 Å². The van der Waals surface area contributed by atoms with Gasteiger partial charge in [0.1, 0.15) is 11.5 Å². The van der Waals surface area contributed by atoms with E-state index >= 15 is 0 Å². The van der Waals surface area contributed by atoms with Crippen LogP contribution in [0.1, 0.15) is 29.3 Å². The van der Waals surface area contributed by atoms with Crippen LogP contribution in [-0.4, -0.2) is 37.2 Å². The summed E-state index contributed by atoms with van der Waals surface area (Å²) in [4.78, 5) is 6.95. The number of likely N-dealkylation sites (tertiary alicyclic amines) is 1. The number of ether oxygens (including phenoxy) is 2. The van der Waals surface area contributed by atoms with Crippen LogP contribution >= 0.6 is 11.3 Å². The summed E-state index contributed by atoms with van der Waals surface area (Å²) >= 11 is 1.78. The lowest BCUT2D eigenvalue weighted by molar-refractivity contribution is 0.202. The number of rotatable bonds is 5. The molecule has 1 fully saturated rings. The third-order valence-electron chi connectivity index (χ3n) is 4.27. The minimum absolute atomic E-state index is 0.628. The van der Waals surface area contributed by atoms with Crippen molar-refractivity contribution in [3.63, 3.8) is 0 Å². The molecule has 0 saturated carbocycles. The molecular weight excluding hydrogens is 296 g/mol. The van der Waals surface area contributed by atoms with Crippen molar-refractivity contribution in [2.75, 3.05) is 27.3 Å². The molecule has 0 bridgehead atoms. The number of benzene rings is 1. The second-order valence-corrected chi connectivity index (χ2v) is 6.52.